The van der Waals surface area contributed by atoms with E-state index in [1.54, 1.807) is 17.7 Å². The topological polar surface area (TPSA) is 86.7 Å². The van der Waals surface area contributed by atoms with Crippen LogP contribution in [0.2, 0.25) is 0 Å². The number of aryl methyl sites for hydroxylation is 1. The van der Waals surface area contributed by atoms with Crippen molar-refractivity contribution in [2.75, 3.05) is 5.73 Å². The molecule has 0 radical (unpaired) electrons. The first-order chi connectivity index (χ1) is 9.56. The van der Waals surface area contributed by atoms with Crippen LogP contribution >= 0.6 is 33.9 Å². The zero-order valence-electron chi connectivity index (χ0n) is 10.5. The van der Waals surface area contributed by atoms with Gasteiger partial charge < -0.3 is 5.73 Å². The lowest BCUT2D eigenvalue weighted by molar-refractivity contribution is 0.668. The molecule has 0 saturated heterocycles. The average molecular weight is 399 g/mol. The number of nitrogen functional groups attached to an aromatic ring is 1. The van der Waals surface area contributed by atoms with Crippen molar-refractivity contribution >= 4 is 50.0 Å². The van der Waals surface area contributed by atoms with Crippen LogP contribution < -0.4 is 11.3 Å². The molecule has 0 aromatic carbocycles. The lowest BCUT2D eigenvalue weighted by Gasteiger charge is -2.09. The first-order valence-corrected chi connectivity index (χ1v) is 7.73. The first-order valence-electron chi connectivity index (χ1n) is 5.78. The normalized spacial score (nSPS) is 11.1. The van der Waals surface area contributed by atoms with E-state index in [-0.39, 0.29) is 12.1 Å². The molecule has 0 aliphatic heterocycles. The Hall–Kier alpha value is -1.55. The molecule has 0 atom stereocenters. The highest BCUT2D eigenvalue weighted by Gasteiger charge is 2.10. The van der Waals surface area contributed by atoms with E-state index in [0.717, 1.165) is 10.2 Å². The minimum absolute atomic E-state index is 0.0912. The molecule has 0 spiro atoms. The van der Waals surface area contributed by atoms with E-state index in [2.05, 4.69) is 15.0 Å². The number of nitrogens with zero attached hydrogens (tertiary/aromatic N) is 4. The minimum atomic E-state index is -0.0912. The number of hydrogen-bond donors (Lipinski definition) is 1. The quantitative estimate of drug-likeness (QED) is 0.665. The van der Waals surface area contributed by atoms with Crippen LogP contribution in [0.25, 0.3) is 10.2 Å². The highest BCUT2D eigenvalue weighted by molar-refractivity contribution is 14.1. The van der Waals surface area contributed by atoms with Crippen molar-refractivity contribution in [2.45, 2.75) is 13.5 Å². The lowest BCUT2D eigenvalue weighted by Crippen LogP contribution is -2.26. The van der Waals surface area contributed by atoms with Crippen LogP contribution in [0.15, 0.2) is 22.4 Å². The molecule has 0 bridgehead atoms. The van der Waals surface area contributed by atoms with Gasteiger partial charge in [0.15, 0.2) is 5.82 Å². The maximum Gasteiger partial charge on any atom is 0.267 e. The average Bonchev–Trinajstić information content (AvgIpc) is 2.88. The van der Waals surface area contributed by atoms with Gasteiger partial charge in [-0.05, 0) is 41.0 Å². The number of anilines is 1. The van der Waals surface area contributed by atoms with Crippen molar-refractivity contribution in [3.8, 4) is 0 Å². The maximum absolute atomic E-state index is 12.1. The molecule has 0 amide bonds. The van der Waals surface area contributed by atoms with Crippen LogP contribution in [-0.2, 0) is 6.54 Å². The highest BCUT2D eigenvalue weighted by atomic mass is 127. The Morgan fingerprint density at radius 2 is 2.25 bits per heavy atom. The number of nitrogens with two attached hydrogens (primary N) is 1. The predicted molar refractivity (Wildman–Crippen MR) is 86.9 cm³/mol. The van der Waals surface area contributed by atoms with E-state index in [9.17, 15) is 4.79 Å². The van der Waals surface area contributed by atoms with Crippen LogP contribution in [0, 0.1) is 10.5 Å². The van der Waals surface area contributed by atoms with Crippen LogP contribution in [0.5, 0.6) is 0 Å². The number of thiophene rings is 1. The summed E-state index contributed by atoms with van der Waals surface area (Å²) in [4.78, 5) is 25.8. The molecule has 3 heterocycles. The number of rotatable bonds is 2. The van der Waals surface area contributed by atoms with Gasteiger partial charge in [-0.2, -0.15) is 0 Å². The van der Waals surface area contributed by atoms with Crippen molar-refractivity contribution < 1.29 is 0 Å². The smallest absolute Gasteiger partial charge is 0.267 e. The van der Waals surface area contributed by atoms with Gasteiger partial charge in [-0.15, -0.1) is 11.3 Å². The van der Waals surface area contributed by atoms with Gasteiger partial charge in [-0.25, -0.2) is 15.0 Å². The summed E-state index contributed by atoms with van der Waals surface area (Å²) < 4.78 is 2.12. The van der Waals surface area contributed by atoms with Crippen LogP contribution in [-0.4, -0.2) is 19.5 Å². The standard InChI is InChI=1S/C12H10IN5OS/c1-6-15-4-8(13)12(19)18(6)5-9-16-10(14)7-2-3-20-11(7)17-9/h2-4H,5H2,1H3,(H2,14,16,17). The highest BCUT2D eigenvalue weighted by Crippen LogP contribution is 2.22. The second kappa shape index (κ2) is 5.09. The summed E-state index contributed by atoms with van der Waals surface area (Å²) in [6.45, 7) is 2.05. The summed E-state index contributed by atoms with van der Waals surface area (Å²) in [5, 5.41) is 2.77. The van der Waals surface area contributed by atoms with E-state index >= 15 is 0 Å². The van der Waals surface area contributed by atoms with Crippen molar-refractivity contribution in [3.63, 3.8) is 0 Å². The lowest BCUT2D eigenvalue weighted by atomic mass is 10.4. The van der Waals surface area contributed by atoms with E-state index in [4.69, 9.17) is 5.73 Å². The molecule has 0 saturated carbocycles. The number of aromatic nitrogens is 4. The fraction of sp³-hybridized carbons (Fsp3) is 0.167. The number of hydrogen-bond acceptors (Lipinski definition) is 6. The molecule has 0 aliphatic carbocycles. The third-order valence-corrected chi connectivity index (χ3v) is 4.45. The Morgan fingerprint density at radius 3 is 3.05 bits per heavy atom. The molecule has 3 aromatic heterocycles. The van der Waals surface area contributed by atoms with Gasteiger partial charge in [-0.1, -0.05) is 0 Å². The van der Waals surface area contributed by atoms with Crippen LogP contribution in [0.4, 0.5) is 5.82 Å². The number of fused-ring (bicyclic) bond motifs is 1. The molecule has 102 valence electrons. The molecular weight excluding hydrogens is 389 g/mol. The van der Waals surface area contributed by atoms with Gasteiger partial charge >= 0.3 is 0 Å². The second-order valence-electron chi connectivity index (χ2n) is 4.21. The summed E-state index contributed by atoms with van der Waals surface area (Å²) in [6.07, 6.45) is 1.56. The summed E-state index contributed by atoms with van der Waals surface area (Å²) in [7, 11) is 0. The van der Waals surface area contributed by atoms with Gasteiger partial charge in [0.1, 0.15) is 16.5 Å². The molecule has 3 rings (SSSR count). The molecule has 2 N–H and O–H groups in total. The molecular formula is C12H10IN5OS. The summed E-state index contributed by atoms with van der Waals surface area (Å²) in [5.74, 6) is 1.59. The van der Waals surface area contributed by atoms with Crippen LogP contribution in [0.1, 0.15) is 11.6 Å². The SMILES string of the molecule is Cc1ncc(I)c(=O)n1Cc1nc(N)c2ccsc2n1. The summed E-state index contributed by atoms with van der Waals surface area (Å²) in [5.41, 5.74) is 5.82. The predicted octanol–water partition coefficient (Wildman–Crippen LogP) is 1.79. The maximum atomic E-state index is 12.1. The zero-order chi connectivity index (χ0) is 14.3. The van der Waals surface area contributed by atoms with E-state index in [1.807, 2.05) is 34.0 Å². The third kappa shape index (κ3) is 2.29. The fourth-order valence-corrected chi connectivity index (χ4v) is 3.09. The zero-order valence-corrected chi connectivity index (χ0v) is 13.5. The van der Waals surface area contributed by atoms with Gasteiger partial charge in [-0.3, -0.25) is 9.36 Å². The second-order valence-corrected chi connectivity index (χ2v) is 6.27. The fourth-order valence-electron chi connectivity index (χ4n) is 1.87. The molecule has 8 heteroatoms. The molecule has 6 nitrogen and oxygen atoms in total. The first kappa shape index (κ1) is 13.4. The van der Waals surface area contributed by atoms with E-state index in [0.29, 0.717) is 21.0 Å². The van der Waals surface area contributed by atoms with Crippen molar-refractivity contribution in [1.29, 1.82) is 0 Å². The number of halogens is 1. The van der Waals surface area contributed by atoms with Crippen molar-refractivity contribution in [3.05, 3.63) is 43.2 Å². The van der Waals surface area contributed by atoms with Gasteiger partial charge in [0.25, 0.3) is 5.56 Å². The molecule has 0 aliphatic rings. The van der Waals surface area contributed by atoms with Crippen molar-refractivity contribution in [1.82, 2.24) is 19.5 Å². The molecule has 20 heavy (non-hydrogen) atoms. The third-order valence-electron chi connectivity index (χ3n) is 2.91. The van der Waals surface area contributed by atoms with Gasteiger partial charge in [0.2, 0.25) is 0 Å². The largest absolute Gasteiger partial charge is 0.383 e. The molecule has 0 unspecified atom stereocenters. The van der Waals surface area contributed by atoms with Crippen molar-refractivity contribution in [2.24, 2.45) is 0 Å². The minimum Gasteiger partial charge on any atom is -0.383 e. The monoisotopic (exact) mass is 399 g/mol. The van der Waals surface area contributed by atoms with Gasteiger partial charge in [0, 0.05) is 6.20 Å². The molecule has 0 fully saturated rings. The van der Waals surface area contributed by atoms with E-state index in [1.165, 1.54) is 11.3 Å². The summed E-state index contributed by atoms with van der Waals surface area (Å²) in [6, 6.07) is 1.89. The summed E-state index contributed by atoms with van der Waals surface area (Å²) >= 11 is 3.47. The molecule has 3 aromatic rings. The van der Waals surface area contributed by atoms with Crippen LogP contribution in [0.3, 0.4) is 0 Å². The Kier molecular flexibility index (Phi) is 3.42. The Morgan fingerprint density at radius 1 is 1.45 bits per heavy atom. The Labute approximate surface area is 131 Å². The van der Waals surface area contributed by atoms with E-state index < -0.39 is 0 Å². The Balaban J connectivity index is 2.10. The van der Waals surface area contributed by atoms with Gasteiger partial charge in [0.05, 0.1) is 15.5 Å². The Bertz CT molecular complexity index is 857.